The second kappa shape index (κ2) is 8.89. The van der Waals surface area contributed by atoms with E-state index < -0.39 is 10.0 Å². The summed E-state index contributed by atoms with van der Waals surface area (Å²) >= 11 is 0. The lowest BCUT2D eigenvalue weighted by Gasteiger charge is -2.23. The summed E-state index contributed by atoms with van der Waals surface area (Å²) < 4.78 is 25.4. The smallest absolute Gasteiger partial charge is 0.214 e. The molecule has 104 valence electrons. The number of hydrogen-bond acceptors (Lipinski definition) is 3. The van der Waals surface area contributed by atoms with Gasteiger partial charge in [0.25, 0.3) is 0 Å². The predicted octanol–water partition coefficient (Wildman–Crippen LogP) is 1.83. The molecule has 0 aromatic heterocycles. The van der Waals surface area contributed by atoms with Crippen LogP contribution in [0.15, 0.2) is 0 Å². The molecule has 0 aliphatic heterocycles. The minimum absolute atomic E-state index is 0.0956. The van der Waals surface area contributed by atoms with E-state index >= 15 is 0 Å². The van der Waals surface area contributed by atoms with Crippen molar-refractivity contribution >= 4 is 10.0 Å². The Kier molecular flexibility index (Phi) is 8.82. The van der Waals surface area contributed by atoms with E-state index in [1.54, 1.807) is 7.05 Å². The molecule has 0 amide bonds. The van der Waals surface area contributed by atoms with Crippen LogP contribution in [0.25, 0.3) is 0 Å². The summed E-state index contributed by atoms with van der Waals surface area (Å²) in [6.45, 7) is 8.00. The number of sulfonamides is 1. The van der Waals surface area contributed by atoms with Gasteiger partial charge in [0.05, 0.1) is 5.75 Å². The number of hydrogen-bond donors (Lipinski definition) is 1. The highest BCUT2D eigenvalue weighted by molar-refractivity contribution is 7.89. The molecular weight excluding hydrogens is 236 g/mol. The Morgan fingerprint density at radius 1 is 1.18 bits per heavy atom. The van der Waals surface area contributed by atoms with Gasteiger partial charge >= 0.3 is 0 Å². The Labute approximate surface area is 107 Å². The van der Waals surface area contributed by atoms with Gasteiger partial charge in [-0.15, -0.1) is 0 Å². The molecule has 0 rings (SSSR count). The topological polar surface area (TPSA) is 49.4 Å². The zero-order valence-corrected chi connectivity index (χ0v) is 12.5. The Bertz CT molecular complexity index is 278. The number of nitrogens with one attached hydrogen (secondary N) is 1. The van der Waals surface area contributed by atoms with E-state index in [-0.39, 0.29) is 11.8 Å². The van der Waals surface area contributed by atoms with Crippen LogP contribution in [0.5, 0.6) is 0 Å². The van der Waals surface area contributed by atoms with Crippen LogP contribution in [0.4, 0.5) is 0 Å². The molecule has 0 spiro atoms. The first-order valence-electron chi connectivity index (χ1n) is 6.62. The van der Waals surface area contributed by atoms with E-state index in [9.17, 15) is 8.42 Å². The maximum absolute atomic E-state index is 11.9. The van der Waals surface area contributed by atoms with Crippen molar-refractivity contribution in [1.29, 1.82) is 0 Å². The van der Waals surface area contributed by atoms with Crippen molar-refractivity contribution in [2.75, 3.05) is 25.9 Å². The van der Waals surface area contributed by atoms with E-state index in [1.807, 2.05) is 13.8 Å². The normalized spacial score (nSPS) is 14.2. The third kappa shape index (κ3) is 7.01. The summed E-state index contributed by atoms with van der Waals surface area (Å²) in [5.74, 6) is 0.266. The van der Waals surface area contributed by atoms with Crippen LogP contribution in [0.2, 0.25) is 0 Å². The fourth-order valence-electron chi connectivity index (χ4n) is 1.51. The third-order valence-corrected chi connectivity index (χ3v) is 5.12. The molecule has 17 heavy (non-hydrogen) atoms. The number of rotatable bonds is 10. The summed E-state index contributed by atoms with van der Waals surface area (Å²) in [5.41, 5.74) is 0. The van der Waals surface area contributed by atoms with Crippen molar-refractivity contribution in [2.24, 2.45) is 0 Å². The summed E-state index contributed by atoms with van der Waals surface area (Å²) in [7, 11) is -1.38. The van der Waals surface area contributed by atoms with Crippen LogP contribution in [-0.4, -0.2) is 44.7 Å². The van der Waals surface area contributed by atoms with E-state index in [1.165, 1.54) is 4.31 Å². The second-order valence-electron chi connectivity index (χ2n) is 4.55. The zero-order valence-electron chi connectivity index (χ0n) is 11.7. The van der Waals surface area contributed by atoms with Crippen molar-refractivity contribution < 1.29 is 8.42 Å². The molecule has 0 heterocycles. The molecule has 0 saturated heterocycles. The fourth-order valence-corrected chi connectivity index (χ4v) is 3.07. The standard InChI is InChI=1S/C12H28N2O2S/c1-5-9-13-10-7-8-11-17(15,16)14(4)12(3)6-2/h12-13H,5-11H2,1-4H3. The number of nitrogens with zero attached hydrogens (tertiary/aromatic N) is 1. The molecule has 1 unspecified atom stereocenters. The minimum atomic E-state index is -3.06. The van der Waals surface area contributed by atoms with Crippen molar-refractivity contribution in [3.8, 4) is 0 Å². The van der Waals surface area contributed by atoms with Gasteiger partial charge in [-0.3, -0.25) is 0 Å². The third-order valence-electron chi connectivity index (χ3n) is 3.08. The maximum Gasteiger partial charge on any atom is 0.214 e. The van der Waals surface area contributed by atoms with Crippen LogP contribution in [0, 0.1) is 0 Å². The van der Waals surface area contributed by atoms with Gasteiger partial charge in [0, 0.05) is 13.1 Å². The average molecular weight is 264 g/mol. The minimum Gasteiger partial charge on any atom is -0.317 e. The van der Waals surface area contributed by atoms with E-state index in [0.29, 0.717) is 0 Å². The molecule has 1 N–H and O–H groups in total. The van der Waals surface area contributed by atoms with Gasteiger partial charge in [0.2, 0.25) is 10.0 Å². The summed E-state index contributed by atoms with van der Waals surface area (Å²) in [6.07, 6.45) is 3.64. The van der Waals surface area contributed by atoms with Gasteiger partial charge < -0.3 is 5.32 Å². The van der Waals surface area contributed by atoms with Gasteiger partial charge in [0.1, 0.15) is 0 Å². The van der Waals surface area contributed by atoms with Crippen molar-refractivity contribution in [1.82, 2.24) is 9.62 Å². The monoisotopic (exact) mass is 264 g/mol. The quantitative estimate of drug-likeness (QED) is 0.612. The lowest BCUT2D eigenvalue weighted by Crippen LogP contribution is -2.36. The first-order chi connectivity index (χ1) is 7.95. The Morgan fingerprint density at radius 2 is 1.82 bits per heavy atom. The number of unbranched alkanes of at least 4 members (excludes halogenated alkanes) is 1. The zero-order chi connectivity index (χ0) is 13.3. The average Bonchev–Trinajstić information content (AvgIpc) is 2.31. The summed E-state index contributed by atoms with van der Waals surface area (Å²) in [5, 5.41) is 3.28. The van der Waals surface area contributed by atoms with Crippen molar-refractivity contribution in [3.05, 3.63) is 0 Å². The van der Waals surface area contributed by atoms with Crippen LogP contribution in [0.3, 0.4) is 0 Å². The van der Waals surface area contributed by atoms with Crippen LogP contribution < -0.4 is 5.32 Å². The molecule has 0 aromatic carbocycles. The second-order valence-corrected chi connectivity index (χ2v) is 6.69. The molecular formula is C12H28N2O2S. The van der Waals surface area contributed by atoms with Gasteiger partial charge in [-0.2, -0.15) is 0 Å². The Morgan fingerprint density at radius 3 is 2.35 bits per heavy atom. The van der Waals surface area contributed by atoms with Crippen LogP contribution in [0.1, 0.15) is 46.5 Å². The molecule has 0 aliphatic carbocycles. The van der Waals surface area contributed by atoms with Gasteiger partial charge in [-0.05, 0) is 45.7 Å². The molecule has 5 heteroatoms. The summed E-state index contributed by atoms with van der Waals surface area (Å²) in [6, 6.07) is 0.0956. The first kappa shape index (κ1) is 16.9. The van der Waals surface area contributed by atoms with Crippen molar-refractivity contribution in [3.63, 3.8) is 0 Å². The molecule has 4 nitrogen and oxygen atoms in total. The molecule has 0 aliphatic rings. The fraction of sp³-hybridized carbons (Fsp3) is 1.00. The SMILES string of the molecule is CCCNCCCCS(=O)(=O)N(C)C(C)CC. The van der Waals surface area contributed by atoms with E-state index in [0.717, 1.165) is 38.8 Å². The molecule has 0 aromatic rings. The first-order valence-corrected chi connectivity index (χ1v) is 8.23. The highest BCUT2D eigenvalue weighted by atomic mass is 32.2. The van der Waals surface area contributed by atoms with E-state index in [2.05, 4.69) is 12.2 Å². The largest absolute Gasteiger partial charge is 0.317 e. The highest BCUT2D eigenvalue weighted by Crippen LogP contribution is 2.09. The lowest BCUT2D eigenvalue weighted by molar-refractivity contribution is 0.379. The summed E-state index contributed by atoms with van der Waals surface area (Å²) in [4.78, 5) is 0. The molecule has 0 bridgehead atoms. The van der Waals surface area contributed by atoms with Gasteiger partial charge in [-0.1, -0.05) is 13.8 Å². The van der Waals surface area contributed by atoms with Gasteiger partial charge in [0.15, 0.2) is 0 Å². The van der Waals surface area contributed by atoms with Crippen molar-refractivity contribution in [2.45, 2.75) is 52.5 Å². The predicted molar refractivity (Wildman–Crippen MR) is 73.7 cm³/mol. The molecule has 1 atom stereocenters. The highest BCUT2D eigenvalue weighted by Gasteiger charge is 2.21. The molecule has 0 saturated carbocycles. The maximum atomic E-state index is 11.9. The van der Waals surface area contributed by atoms with Gasteiger partial charge in [-0.25, -0.2) is 12.7 Å². The Balaban J connectivity index is 3.86. The van der Waals surface area contributed by atoms with Crippen LogP contribution >= 0.6 is 0 Å². The van der Waals surface area contributed by atoms with E-state index in [4.69, 9.17) is 0 Å². The molecule has 0 radical (unpaired) electrons. The molecule has 0 fully saturated rings. The Hall–Kier alpha value is -0.130. The van der Waals surface area contributed by atoms with Crippen LogP contribution in [-0.2, 0) is 10.0 Å². The lowest BCUT2D eigenvalue weighted by atomic mass is 10.3.